The Morgan fingerprint density at radius 1 is 0.667 bits per heavy atom. The van der Waals surface area contributed by atoms with Gasteiger partial charge in [-0.05, 0) is 75.5 Å². The van der Waals surface area contributed by atoms with Gasteiger partial charge in [0.1, 0.15) is 5.75 Å². The topological polar surface area (TPSA) is 9.23 Å². The molecule has 1 nitrogen and oxygen atoms in total. The van der Waals surface area contributed by atoms with Gasteiger partial charge in [0.25, 0.3) is 0 Å². The van der Waals surface area contributed by atoms with Gasteiger partial charge in [0.05, 0.1) is 6.61 Å². The normalized spacial score (nSPS) is 11.5. The molecular weight excluding hydrogens is 364 g/mol. The summed E-state index contributed by atoms with van der Waals surface area (Å²) in [5.74, 6) is 1.53. The Kier molecular flexibility index (Phi) is 6.38. The second-order valence-electron chi connectivity index (χ2n) is 8.64. The zero-order chi connectivity index (χ0) is 20.9. The zero-order valence-corrected chi connectivity index (χ0v) is 18.4. The predicted octanol–water partition coefficient (Wildman–Crippen LogP) is 8.08. The lowest BCUT2D eigenvalue weighted by molar-refractivity contribution is 0.311. The van der Waals surface area contributed by atoms with E-state index in [2.05, 4.69) is 93.6 Å². The van der Waals surface area contributed by atoms with Crippen molar-refractivity contribution in [2.75, 3.05) is 6.61 Å². The smallest absolute Gasteiger partial charge is 0.119 e. The number of benzene rings is 4. The molecule has 30 heavy (non-hydrogen) atoms. The van der Waals surface area contributed by atoms with Crippen LogP contribution in [-0.2, 0) is 12.8 Å². The van der Waals surface area contributed by atoms with Gasteiger partial charge in [0.2, 0.25) is 0 Å². The number of hydrogen-bond acceptors (Lipinski definition) is 1. The van der Waals surface area contributed by atoms with Crippen molar-refractivity contribution in [3.05, 3.63) is 89.5 Å². The van der Waals surface area contributed by atoms with E-state index < -0.39 is 0 Å². The van der Waals surface area contributed by atoms with E-state index in [9.17, 15) is 0 Å². The highest BCUT2D eigenvalue weighted by Crippen LogP contribution is 2.24. The van der Waals surface area contributed by atoms with Gasteiger partial charge in [-0.3, -0.25) is 0 Å². The molecule has 0 saturated heterocycles. The summed E-state index contributed by atoms with van der Waals surface area (Å²) in [6.45, 7) is 7.45. The van der Waals surface area contributed by atoms with Crippen LogP contribution in [0, 0.1) is 0 Å². The lowest BCUT2D eigenvalue weighted by atomic mass is 9.97. The Bertz CT molecular complexity index is 1140. The first-order chi connectivity index (χ1) is 14.6. The molecule has 0 saturated carbocycles. The highest BCUT2D eigenvalue weighted by atomic mass is 16.5. The molecule has 0 aromatic heterocycles. The van der Waals surface area contributed by atoms with Crippen LogP contribution < -0.4 is 4.74 Å². The van der Waals surface area contributed by atoms with E-state index in [1.165, 1.54) is 44.7 Å². The molecule has 0 unspecified atom stereocenters. The number of hydrogen-bond donors (Lipinski definition) is 0. The molecule has 0 radical (unpaired) electrons. The molecule has 0 N–H and O–H groups in total. The lowest BCUT2D eigenvalue weighted by Gasteiger charge is -2.10. The number of rotatable bonds is 8. The van der Waals surface area contributed by atoms with E-state index in [1.807, 2.05) is 0 Å². The van der Waals surface area contributed by atoms with Gasteiger partial charge >= 0.3 is 0 Å². The van der Waals surface area contributed by atoms with Crippen molar-refractivity contribution in [1.29, 1.82) is 0 Å². The second-order valence-corrected chi connectivity index (χ2v) is 8.64. The van der Waals surface area contributed by atoms with Crippen molar-refractivity contribution in [1.82, 2.24) is 0 Å². The molecule has 0 fully saturated rings. The third-order valence-electron chi connectivity index (χ3n) is 5.89. The zero-order valence-electron chi connectivity index (χ0n) is 18.4. The summed E-state index contributed by atoms with van der Waals surface area (Å²) in [5.41, 5.74) is 4.19. The minimum Gasteiger partial charge on any atom is -0.494 e. The number of aryl methyl sites for hydroxylation is 2. The monoisotopic (exact) mass is 396 g/mol. The molecule has 154 valence electrons. The maximum absolute atomic E-state index is 6.04. The van der Waals surface area contributed by atoms with Crippen molar-refractivity contribution in [2.24, 2.45) is 0 Å². The summed E-state index contributed by atoms with van der Waals surface area (Å²) >= 11 is 0. The average Bonchev–Trinajstić information content (AvgIpc) is 2.76. The van der Waals surface area contributed by atoms with Crippen molar-refractivity contribution < 1.29 is 4.74 Å². The second kappa shape index (κ2) is 9.34. The SMILES string of the molecule is CCCc1ccc2cc(OCCCc3ccc4cc(C(C)C)ccc4c3)ccc2c1. The van der Waals surface area contributed by atoms with Crippen molar-refractivity contribution in [3.63, 3.8) is 0 Å². The number of fused-ring (bicyclic) bond motifs is 2. The fraction of sp³-hybridized carbons (Fsp3) is 0.310. The van der Waals surface area contributed by atoms with Gasteiger partial charge < -0.3 is 4.74 Å². The summed E-state index contributed by atoms with van der Waals surface area (Å²) in [5, 5.41) is 5.21. The molecule has 4 aromatic rings. The molecule has 1 heteroatoms. The Labute approximate surface area is 180 Å². The summed E-state index contributed by atoms with van der Waals surface area (Å²) < 4.78 is 6.04. The van der Waals surface area contributed by atoms with Crippen LogP contribution in [0.2, 0.25) is 0 Å². The van der Waals surface area contributed by atoms with Crippen LogP contribution in [-0.4, -0.2) is 6.61 Å². The highest BCUT2D eigenvalue weighted by molar-refractivity contribution is 5.85. The van der Waals surface area contributed by atoms with Gasteiger partial charge in [-0.15, -0.1) is 0 Å². The molecule has 0 spiro atoms. The maximum Gasteiger partial charge on any atom is 0.119 e. The first kappa shape index (κ1) is 20.5. The Morgan fingerprint density at radius 2 is 1.27 bits per heavy atom. The van der Waals surface area contributed by atoms with Crippen LogP contribution in [0.4, 0.5) is 0 Å². The summed E-state index contributed by atoms with van der Waals surface area (Å²) in [4.78, 5) is 0. The van der Waals surface area contributed by atoms with Gasteiger partial charge in [-0.1, -0.05) is 87.9 Å². The van der Waals surface area contributed by atoms with E-state index in [4.69, 9.17) is 4.74 Å². The van der Waals surface area contributed by atoms with Crippen LogP contribution in [0.3, 0.4) is 0 Å². The van der Waals surface area contributed by atoms with Crippen LogP contribution >= 0.6 is 0 Å². The van der Waals surface area contributed by atoms with Crippen molar-refractivity contribution in [3.8, 4) is 5.75 Å². The fourth-order valence-electron chi connectivity index (χ4n) is 4.10. The minimum atomic E-state index is 0.569. The quantitative estimate of drug-likeness (QED) is 0.273. The first-order valence-electron chi connectivity index (χ1n) is 11.3. The van der Waals surface area contributed by atoms with Gasteiger partial charge in [-0.25, -0.2) is 0 Å². The molecule has 0 bridgehead atoms. The molecule has 0 atom stereocenters. The maximum atomic E-state index is 6.04. The predicted molar refractivity (Wildman–Crippen MR) is 130 cm³/mol. The molecule has 4 rings (SSSR count). The van der Waals surface area contributed by atoms with Gasteiger partial charge in [0.15, 0.2) is 0 Å². The summed E-state index contributed by atoms with van der Waals surface area (Å²) in [7, 11) is 0. The summed E-state index contributed by atoms with van der Waals surface area (Å²) in [6, 6.07) is 26.9. The van der Waals surface area contributed by atoms with E-state index >= 15 is 0 Å². The third kappa shape index (κ3) is 4.84. The lowest BCUT2D eigenvalue weighted by Crippen LogP contribution is -1.99. The van der Waals surface area contributed by atoms with Crippen molar-refractivity contribution in [2.45, 2.75) is 52.4 Å². The molecule has 0 heterocycles. The van der Waals surface area contributed by atoms with Crippen LogP contribution in [0.15, 0.2) is 72.8 Å². The first-order valence-corrected chi connectivity index (χ1v) is 11.3. The molecule has 0 aliphatic rings. The van der Waals surface area contributed by atoms with Gasteiger partial charge in [0, 0.05) is 0 Å². The molecule has 0 aliphatic carbocycles. The Balaban J connectivity index is 1.34. The van der Waals surface area contributed by atoms with E-state index in [0.29, 0.717) is 5.92 Å². The Hall–Kier alpha value is -2.80. The molecule has 0 amide bonds. The van der Waals surface area contributed by atoms with Crippen LogP contribution in [0.5, 0.6) is 5.75 Å². The molecule has 4 aromatic carbocycles. The van der Waals surface area contributed by atoms with E-state index in [-0.39, 0.29) is 0 Å². The largest absolute Gasteiger partial charge is 0.494 e. The molecule has 0 aliphatic heterocycles. The average molecular weight is 397 g/mol. The standard InChI is InChI=1S/C29H32O/c1-4-6-22-8-11-28-20-29(15-14-26(28)17-22)30-16-5-7-23-9-10-27-19-24(21(2)3)12-13-25(27)18-23/h8-15,17-21H,4-7,16H2,1-3H3. The molecular formula is C29H32O. The van der Waals surface area contributed by atoms with Crippen LogP contribution in [0.25, 0.3) is 21.5 Å². The van der Waals surface area contributed by atoms with Crippen molar-refractivity contribution >= 4 is 21.5 Å². The van der Waals surface area contributed by atoms with Gasteiger partial charge in [-0.2, -0.15) is 0 Å². The summed E-state index contributed by atoms with van der Waals surface area (Å²) in [6.07, 6.45) is 4.38. The fourth-order valence-corrected chi connectivity index (χ4v) is 4.10. The van der Waals surface area contributed by atoms with E-state index in [1.54, 1.807) is 0 Å². The number of ether oxygens (including phenoxy) is 1. The van der Waals surface area contributed by atoms with Crippen LogP contribution in [0.1, 0.15) is 56.2 Å². The van der Waals surface area contributed by atoms with E-state index in [0.717, 1.165) is 31.6 Å². The Morgan fingerprint density at radius 3 is 1.97 bits per heavy atom. The third-order valence-corrected chi connectivity index (χ3v) is 5.89. The minimum absolute atomic E-state index is 0.569. The highest BCUT2D eigenvalue weighted by Gasteiger charge is 2.03.